The minimum Gasteiger partial charge on any atom is -0.459 e. The smallest absolute Gasteiger partial charge is 0.341 e. The van der Waals surface area contributed by atoms with Crippen LogP contribution in [0.4, 0.5) is 0 Å². The summed E-state index contributed by atoms with van der Waals surface area (Å²) in [6, 6.07) is 0. The lowest BCUT2D eigenvalue weighted by molar-refractivity contribution is -0.159. The van der Waals surface area contributed by atoms with Crippen molar-refractivity contribution in [1.82, 2.24) is 0 Å². The van der Waals surface area contributed by atoms with E-state index in [0.717, 1.165) is 5.57 Å². The van der Waals surface area contributed by atoms with Gasteiger partial charge < -0.3 is 20.1 Å². The molecule has 6 atom stereocenters. The number of fused-ring (bicyclic) bond motifs is 3. The van der Waals surface area contributed by atoms with Crippen LogP contribution in [-0.4, -0.2) is 45.7 Å². The lowest BCUT2D eigenvalue weighted by Crippen LogP contribution is -2.46. The fraction of sp³-hybridized carbons (Fsp3) is 0.667. The largest absolute Gasteiger partial charge is 0.459 e. The van der Waals surface area contributed by atoms with Crippen molar-refractivity contribution in [2.75, 3.05) is 6.61 Å². The van der Waals surface area contributed by atoms with Crippen molar-refractivity contribution in [2.45, 2.75) is 37.1 Å². The predicted molar refractivity (Wildman–Crippen MR) is 70.5 cm³/mol. The highest BCUT2D eigenvalue weighted by molar-refractivity contribution is 5.82. The zero-order valence-corrected chi connectivity index (χ0v) is 11.3. The molecule has 2 aliphatic carbocycles. The number of aliphatic hydroxyl groups excluding tert-OH is 2. The van der Waals surface area contributed by atoms with Crippen LogP contribution in [0, 0.1) is 17.8 Å². The molecule has 5 nitrogen and oxygen atoms in total. The molecule has 0 aromatic carbocycles. The first-order valence-corrected chi connectivity index (χ1v) is 6.99. The Balaban J connectivity index is 2.02. The number of ether oxygens (including phenoxy) is 1. The summed E-state index contributed by atoms with van der Waals surface area (Å²) in [6.45, 7) is 7.35. The molecule has 2 saturated carbocycles. The van der Waals surface area contributed by atoms with Gasteiger partial charge in [0.25, 0.3) is 0 Å². The Morgan fingerprint density at radius 1 is 1.40 bits per heavy atom. The third-order valence-corrected chi connectivity index (χ3v) is 5.27. The Bertz CT molecular complexity index is 485. The van der Waals surface area contributed by atoms with Gasteiger partial charge in [0.05, 0.1) is 12.7 Å². The summed E-state index contributed by atoms with van der Waals surface area (Å²) >= 11 is 0. The van der Waals surface area contributed by atoms with Gasteiger partial charge in [-0.1, -0.05) is 18.7 Å². The van der Waals surface area contributed by atoms with Crippen LogP contribution in [0.3, 0.4) is 0 Å². The van der Waals surface area contributed by atoms with Crippen molar-refractivity contribution in [3.8, 4) is 0 Å². The van der Waals surface area contributed by atoms with Crippen molar-refractivity contribution >= 4 is 5.97 Å². The molecule has 3 aliphatic rings. The lowest BCUT2D eigenvalue weighted by atomic mass is 9.78. The molecular weight excluding hydrogens is 260 g/mol. The fourth-order valence-electron chi connectivity index (χ4n) is 4.05. The van der Waals surface area contributed by atoms with E-state index in [9.17, 15) is 20.1 Å². The molecule has 110 valence electrons. The van der Waals surface area contributed by atoms with Crippen molar-refractivity contribution in [2.24, 2.45) is 17.8 Å². The van der Waals surface area contributed by atoms with E-state index in [0.29, 0.717) is 24.8 Å². The summed E-state index contributed by atoms with van der Waals surface area (Å²) < 4.78 is 5.37. The van der Waals surface area contributed by atoms with Gasteiger partial charge in [-0.2, -0.15) is 0 Å². The Hall–Kier alpha value is -1.17. The van der Waals surface area contributed by atoms with Crippen LogP contribution >= 0.6 is 0 Å². The molecule has 5 heteroatoms. The van der Waals surface area contributed by atoms with Crippen molar-refractivity contribution < 1.29 is 24.9 Å². The zero-order chi connectivity index (χ0) is 14.7. The Kier molecular flexibility index (Phi) is 3.04. The first-order chi connectivity index (χ1) is 9.40. The lowest BCUT2D eigenvalue weighted by Gasteiger charge is -2.28. The Labute approximate surface area is 117 Å². The second-order valence-corrected chi connectivity index (χ2v) is 6.21. The number of hydrogen-bond donors (Lipinski definition) is 3. The van der Waals surface area contributed by atoms with Crippen LogP contribution in [0.25, 0.3) is 0 Å². The Morgan fingerprint density at radius 2 is 2.10 bits per heavy atom. The second-order valence-electron chi connectivity index (χ2n) is 6.21. The number of esters is 1. The van der Waals surface area contributed by atoms with E-state index in [-0.39, 0.29) is 11.8 Å². The number of allylic oxidation sites excluding steroid dienone is 1. The summed E-state index contributed by atoms with van der Waals surface area (Å²) in [5.74, 6) is -1.43. The van der Waals surface area contributed by atoms with Crippen LogP contribution in [-0.2, 0) is 9.53 Å². The molecule has 1 aliphatic heterocycles. The number of carbonyl (C=O) groups excluding carboxylic acids is 1. The molecule has 1 saturated heterocycles. The van der Waals surface area contributed by atoms with Gasteiger partial charge in [-0.25, -0.2) is 4.79 Å². The average molecular weight is 280 g/mol. The van der Waals surface area contributed by atoms with E-state index < -0.39 is 36.3 Å². The first kappa shape index (κ1) is 13.8. The standard InChI is InChI=1S/C15H20O5/c1-7-3-4-10-13(20-14(18)15(10,19)6-16)12-8(2)11(17)5-9(7)12/h9-13,16-17,19H,1-6H2/t9-,10+,11+,12-,13-,15-/m0/s1. The SMILES string of the molecule is C=C1[C@@H]2[C@H]3OC(=O)[C@](O)(CO)[C@@H]3CCC(=C)[C@@H]2C[C@H]1O. The van der Waals surface area contributed by atoms with Gasteiger partial charge in [-0.05, 0) is 30.8 Å². The van der Waals surface area contributed by atoms with Gasteiger partial charge in [-0.15, -0.1) is 0 Å². The van der Waals surface area contributed by atoms with E-state index >= 15 is 0 Å². The summed E-state index contributed by atoms with van der Waals surface area (Å²) in [7, 11) is 0. The number of carbonyl (C=O) groups is 1. The maximum atomic E-state index is 11.9. The molecule has 0 unspecified atom stereocenters. The molecule has 1 heterocycles. The number of aliphatic hydroxyl groups is 3. The molecule has 3 rings (SSSR count). The quantitative estimate of drug-likeness (QED) is 0.470. The van der Waals surface area contributed by atoms with Crippen molar-refractivity contribution in [3.63, 3.8) is 0 Å². The number of hydrogen-bond acceptors (Lipinski definition) is 5. The molecule has 3 fully saturated rings. The van der Waals surface area contributed by atoms with Gasteiger partial charge in [0.1, 0.15) is 6.10 Å². The van der Waals surface area contributed by atoms with E-state index in [2.05, 4.69) is 13.2 Å². The van der Waals surface area contributed by atoms with Crippen molar-refractivity contribution in [1.29, 1.82) is 0 Å². The molecule has 0 bridgehead atoms. The Morgan fingerprint density at radius 3 is 2.75 bits per heavy atom. The molecule has 3 N–H and O–H groups in total. The minimum absolute atomic E-state index is 0.0290. The second kappa shape index (κ2) is 4.41. The van der Waals surface area contributed by atoms with Crippen molar-refractivity contribution in [3.05, 3.63) is 24.3 Å². The monoisotopic (exact) mass is 280 g/mol. The van der Waals surface area contributed by atoms with Crippen LogP contribution < -0.4 is 0 Å². The van der Waals surface area contributed by atoms with Gasteiger partial charge in [0.2, 0.25) is 0 Å². The highest BCUT2D eigenvalue weighted by Crippen LogP contribution is 2.53. The van der Waals surface area contributed by atoms with Crippen LogP contribution in [0.15, 0.2) is 24.3 Å². The highest BCUT2D eigenvalue weighted by Gasteiger charge is 2.61. The van der Waals surface area contributed by atoms with Gasteiger partial charge >= 0.3 is 5.97 Å². The van der Waals surface area contributed by atoms with E-state index in [1.165, 1.54) is 0 Å². The average Bonchev–Trinajstić information content (AvgIpc) is 2.79. The topological polar surface area (TPSA) is 87.0 Å². The number of rotatable bonds is 1. The maximum absolute atomic E-state index is 11.9. The molecule has 0 aromatic rings. The normalized spacial score (nSPS) is 47.8. The minimum atomic E-state index is -1.84. The summed E-state index contributed by atoms with van der Waals surface area (Å²) in [4.78, 5) is 11.9. The fourth-order valence-corrected chi connectivity index (χ4v) is 4.05. The van der Waals surface area contributed by atoms with E-state index in [1.807, 2.05) is 0 Å². The molecular formula is C15H20O5. The first-order valence-electron chi connectivity index (χ1n) is 6.99. The van der Waals surface area contributed by atoms with Crippen LogP contribution in [0.1, 0.15) is 19.3 Å². The zero-order valence-electron chi connectivity index (χ0n) is 11.3. The predicted octanol–water partition coefficient (Wildman–Crippen LogP) is 0.155. The maximum Gasteiger partial charge on any atom is 0.341 e. The van der Waals surface area contributed by atoms with Crippen LogP contribution in [0.5, 0.6) is 0 Å². The molecule has 20 heavy (non-hydrogen) atoms. The highest BCUT2D eigenvalue weighted by atomic mass is 16.6. The molecule has 0 aromatic heterocycles. The van der Waals surface area contributed by atoms with E-state index in [1.54, 1.807) is 0 Å². The summed E-state index contributed by atoms with van der Waals surface area (Å²) in [6.07, 6.45) is 0.584. The third kappa shape index (κ3) is 1.63. The van der Waals surface area contributed by atoms with Crippen LogP contribution in [0.2, 0.25) is 0 Å². The third-order valence-electron chi connectivity index (χ3n) is 5.27. The van der Waals surface area contributed by atoms with Gasteiger partial charge in [-0.3, -0.25) is 0 Å². The molecule has 0 radical (unpaired) electrons. The molecule has 0 amide bonds. The van der Waals surface area contributed by atoms with E-state index in [4.69, 9.17) is 4.74 Å². The molecule has 0 spiro atoms. The van der Waals surface area contributed by atoms with Gasteiger partial charge in [0, 0.05) is 11.8 Å². The van der Waals surface area contributed by atoms with Gasteiger partial charge in [0.15, 0.2) is 5.60 Å². The summed E-state index contributed by atoms with van der Waals surface area (Å²) in [5, 5.41) is 29.8. The summed E-state index contributed by atoms with van der Waals surface area (Å²) in [5.41, 5.74) is -0.199.